The summed E-state index contributed by atoms with van der Waals surface area (Å²) in [5.41, 5.74) is 0. The van der Waals surface area contributed by atoms with Gasteiger partial charge in [-0.15, -0.1) is 0 Å². The van der Waals surface area contributed by atoms with Crippen molar-refractivity contribution in [3.63, 3.8) is 0 Å². The van der Waals surface area contributed by atoms with Gasteiger partial charge in [-0.05, 0) is 38.5 Å². The molecule has 0 spiro atoms. The predicted octanol–water partition coefficient (Wildman–Crippen LogP) is 10.3. The van der Waals surface area contributed by atoms with E-state index < -0.39 is 49.4 Å². The molecule has 0 aromatic rings. The fourth-order valence-corrected chi connectivity index (χ4v) is 7.36. The molecule has 4 N–H and O–H groups in total. The molecule has 336 valence electrons. The summed E-state index contributed by atoms with van der Waals surface area (Å²) in [6.07, 6.45) is 33.6. The van der Waals surface area contributed by atoms with Crippen LogP contribution in [0.1, 0.15) is 219 Å². The summed E-state index contributed by atoms with van der Waals surface area (Å²) in [4.78, 5) is 25.3. The molecule has 1 heterocycles. The van der Waals surface area contributed by atoms with Gasteiger partial charge in [0.15, 0.2) is 12.4 Å². The van der Waals surface area contributed by atoms with Crippen molar-refractivity contribution in [1.29, 1.82) is 0 Å². The SMILES string of the molecule is CCCCCC/C=C\CCCCCCCC(=O)OC(COC(=O)CCCCCCCCCCCCCCCCCCCCC)COC1OC(CO)C(O)C(O)C1O. The van der Waals surface area contributed by atoms with Gasteiger partial charge in [-0.3, -0.25) is 9.59 Å². The lowest BCUT2D eigenvalue weighted by atomic mass is 9.99. The van der Waals surface area contributed by atoms with Gasteiger partial charge in [0.25, 0.3) is 0 Å². The van der Waals surface area contributed by atoms with Gasteiger partial charge in [0.2, 0.25) is 0 Å². The number of hydrogen-bond acceptors (Lipinski definition) is 10. The Balaban J connectivity index is 2.27. The summed E-state index contributed by atoms with van der Waals surface area (Å²) < 4.78 is 22.2. The Labute approximate surface area is 348 Å². The lowest BCUT2D eigenvalue weighted by molar-refractivity contribution is -0.305. The number of esters is 2. The summed E-state index contributed by atoms with van der Waals surface area (Å²) in [5.74, 6) is -0.805. The van der Waals surface area contributed by atoms with Gasteiger partial charge in [0, 0.05) is 12.8 Å². The number of aliphatic hydroxyl groups excluding tert-OH is 4. The third kappa shape index (κ3) is 30.2. The maximum Gasteiger partial charge on any atom is 0.306 e. The van der Waals surface area contributed by atoms with Gasteiger partial charge in [-0.25, -0.2) is 0 Å². The number of rotatable bonds is 40. The highest BCUT2D eigenvalue weighted by atomic mass is 16.7. The standard InChI is InChI=1S/C47H88O10/c1-3-5-7-9-11-13-15-17-18-19-20-21-22-24-25-27-29-31-33-35-42(49)54-38-40(39-55-47-46(53)45(52)44(51)41(37-48)57-47)56-43(50)36-34-32-30-28-26-23-16-14-12-10-8-6-4-2/h14,16,40-41,44-48,51-53H,3-13,15,17-39H2,1-2H3/b16-14-. The third-order valence-corrected chi connectivity index (χ3v) is 11.2. The zero-order chi connectivity index (χ0) is 41.6. The minimum absolute atomic E-state index is 0.215. The Kier molecular flexibility index (Phi) is 36.2. The first kappa shape index (κ1) is 53.5. The topological polar surface area (TPSA) is 152 Å². The molecule has 0 aliphatic carbocycles. The van der Waals surface area contributed by atoms with Gasteiger partial charge >= 0.3 is 11.9 Å². The van der Waals surface area contributed by atoms with Crippen LogP contribution >= 0.6 is 0 Å². The van der Waals surface area contributed by atoms with Gasteiger partial charge in [0.1, 0.15) is 31.0 Å². The second kappa shape index (κ2) is 38.6. The summed E-state index contributed by atoms with van der Waals surface area (Å²) in [6.45, 7) is 3.43. The Hall–Kier alpha value is -1.56. The molecule has 6 unspecified atom stereocenters. The van der Waals surface area contributed by atoms with Crippen LogP contribution in [0.15, 0.2) is 12.2 Å². The Morgan fingerprint density at radius 2 is 0.930 bits per heavy atom. The predicted molar refractivity (Wildman–Crippen MR) is 229 cm³/mol. The van der Waals surface area contributed by atoms with Crippen LogP contribution in [0.25, 0.3) is 0 Å². The van der Waals surface area contributed by atoms with E-state index >= 15 is 0 Å². The highest BCUT2D eigenvalue weighted by Crippen LogP contribution is 2.23. The maximum atomic E-state index is 12.8. The van der Waals surface area contributed by atoms with Crippen molar-refractivity contribution in [1.82, 2.24) is 0 Å². The normalized spacial score (nSPS) is 20.3. The number of aliphatic hydroxyl groups is 4. The largest absolute Gasteiger partial charge is 0.462 e. The van der Waals surface area contributed by atoms with Crippen molar-refractivity contribution in [2.45, 2.75) is 256 Å². The molecule has 10 heteroatoms. The minimum atomic E-state index is -1.59. The van der Waals surface area contributed by atoms with Crippen LogP contribution in [0.5, 0.6) is 0 Å². The van der Waals surface area contributed by atoms with Crippen molar-refractivity contribution in [2.24, 2.45) is 0 Å². The minimum Gasteiger partial charge on any atom is -0.462 e. The van der Waals surface area contributed by atoms with Crippen molar-refractivity contribution in [2.75, 3.05) is 19.8 Å². The molecule has 0 radical (unpaired) electrons. The first-order valence-corrected chi connectivity index (χ1v) is 23.8. The molecule has 6 atom stereocenters. The number of carbonyl (C=O) groups excluding carboxylic acids is 2. The molecular weight excluding hydrogens is 725 g/mol. The third-order valence-electron chi connectivity index (χ3n) is 11.2. The quantitative estimate of drug-likeness (QED) is 0.0267. The first-order valence-electron chi connectivity index (χ1n) is 23.8. The summed E-state index contributed by atoms with van der Waals surface area (Å²) >= 11 is 0. The maximum absolute atomic E-state index is 12.8. The van der Waals surface area contributed by atoms with Gasteiger partial charge < -0.3 is 39.4 Å². The van der Waals surface area contributed by atoms with Crippen LogP contribution in [0.3, 0.4) is 0 Å². The van der Waals surface area contributed by atoms with E-state index in [9.17, 15) is 30.0 Å². The van der Waals surface area contributed by atoms with E-state index in [0.29, 0.717) is 6.42 Å². The van der Waals surface area contributed by atoms with Crippen LogP contribution in [0.4, 0.5) is 0 Å². The van der Waals surface area contributed by atoms with Crippen LogP contribution in [-0.4, -0.2) is 89.0 Å². The molecule has 0 bridgehead atoms. The lowest BCUT2D eigenvalue weighted by Gasteiger charge is -2.39. The number of ether oxygens (including phenoxy) is 4. The zero-order valence-electron chi connectivity index (χ0n) is 36.6. The summed E-state index contributed by atoms with van der Waals surface area (Å²) in [7, 11) is 0. The lowest BCUT2D eigenvalue weighted by Crippen LogP contribution is -2.59. The fourth-order valence-electron chi connectivity index (χ4n) is 7.36. The Morgan fingerprint density at radius 1 is 0.526 bits per heavy atom. The Bertz CT molecular complexity index is 943. The van der Waals surface area contributed by atoms with Crippen LogP contribution in [-0.2, 0) is 28.5 Å². The number of allylic oxidation sites excluding steroid dienone is 2. The van der Waals surface area contributed by atoms with E-state index in [-0.39, 0.29) is 32.0 Å². The second-order valence-electron chi connectivity index (χ2n) is 16.6. The number of unbranched alkanes of at least 4 members (excludes halogenated alkanes) is 27. The molecule has 1 aliphatic heterocycles. The van der Waals surface area contributed by atoms with E-state index in [1.165, 1.54) is 128 Å². The zero-order valence-corrected chi connectivity index (χ0v) is 36.6. The van der Waals surface area contributed by atoms with Gasteiger partial charge in [-0.1, -0.05) is 180 Å². The van der Waals surface area contributed by atoms with Crippen LogP contribution < -0.4 is 0 Å². The number of carbonyl (C=O) groups is 2. The van der Waals surface area contributed by atoms with Crippen molar-refractivity contribution in [3.8, 4) is 0 Å². The molecule has 1 rings (SSSR count). The van der Waals surface area contributed by atoms with E-state index in [0.717, 1.165) is 57.8 Å². The van der Waals surface area contributed by atoms with Crippen molar-refractivity contribution in [3.05, 3.63) is 12.2 Å². The molecule has 57 heavy (non-hydrogen) atoms. The summed E-state index contributed by atoms with van der Waals surface area (Å²) in [5, 5.41) is 40.1. The molecular formula is C47H88O10. The highest BCUT2D eigenvalue weighted by molar-refractivity contribution is 5.70. The monoisotopic (exact) mass is 813 g/mol. The Morgan fingerprint density at radius 3 is 1.39 bits per heavy atom. The second-order valence-corrected chi connectivity index (χ2v) is 16.6. The molecule has 0 amide bonds. The number of hydrogen-bond donors (Lipinski definition) is 4. The molecule has 0 aromatic carbocycles. The molecule has 1 saturated heterocycles. The molecule has 1 fully saturated rings. The average molecular weight is 813 g/mol. The molecule has 0 saturated carbocycles. The molecule has 10 nitrogen and oxygen atoms in total. The highest BCUT2D eigenvalue weighted by Gasteiger charge is 2.44. The molecule has 0 aromatic heterocycles. The van der Waals surface area contributed by atoms with Crippen molar-refractivity contribution < 1.29 is 49.0 Å². The van der Waals surface area contributed by atoms with Crippen molar-refractivity contribution >= 4 is 11.9 Å². The summed E-state index contributed by atoms with van der Waals surface area (Å²) in [6, 6.07) is 0. The van der Waals surface area contributed by atoms with E-state index in [4.69, 9.17) is 18.9 Å². The smallest absolute Gasteiger partial charge is 0.306 e. The van der Waals surface area contributed by atoms with Gasteiger partial charge in [0.05, 0.1) is 13.2 Å². The first-order chi connectivity index (χ1) is 27.8. The fraction of sp³-hybridized carbons (Fsp3) is 0.915. The van der Waals surface area contributed by atoms with E-state index in [2.05, 4.69) is 26.0 Å². The van der Waals surface area contributed by atoms with E-state index in [1.807, 2.05) is 0 Å². The average Bonchev–Trinajstić information content (AvgIpc) is 3.21. The van der Waals surface area contributed by atoms with Crippen LogP contribution in [0, 0.1) is 0 Å². The van der Waals surface area contributed by atoms with Crippen LogP contribution in [0.2, 0.25) is 0 Å². The van der Waals surface area contributed by atoms with Gasteiger partial charge in [-0.2, -0.15) is 0 Å². The van der Waals surface area contributed by atoms with E-state index in [1.54, 1.807) is 0 Å². The molecule has 1 aliphatic rings.